The molecule has 2 aliphatic heterocycles. The van der Waals surface area contributed by atoms with E-state index in [0.29, 0.717) is 46.1 Å². The second kappa shape index (κ2) is 9.69. The first-order valence-corrected chi connectivity index (χ1v) is 12.0. The molecule has 0 spiro atoms. The van der Waals surface area contributed by atoms with Gasteiger partial charge in [0.05, 0.1) is 12.2 Å². The zero-order valence-corrected chi connectivity index (χ0v) is 19.9. The Labute approximate surface area is 199 Å². The highest BCUT2D eigenvalue weighted by atomic mass is 19.1. The predicted molar refractivity (Wildman–Crippen MR) is 129 cm³/mol. The van der Waals surface area contributed by atoms with E-state index in [1.165, 1.54) is 6.07 Å². The zero-order chi connectivity index (χ0) is 23.7. The van der Waals surface area contributed by atoms with Crippen LogP contribution in [0.5, 0.6) is 0 Å². The molecule has 0 amide bonds. The number of rotatable bonds is 4. The number of halogens is 1. The molecule has 4 heterocycles. The van der Waals surface area contributed by atoms with Crippen LogP contribution in [-0.2, 0) is 4.74 Å². The number of aromatic nitrogens is 3. The maximum Gasteiger partial charge on any atom is 0.261 e. The number of piperidine rings is 1. The van der Waals surface area contributed by atoms with Crippen LogP contribution in [0.4, 0.5) is 10.2 Å². The van der Waals surface area contributed by atoms with Crippen LogP contribution in [-0.4, -0.2) is 53.5 Å². The van der Waals surface area contributed by atoms with Crippen LogP contribution in [0.15, 0.2) is 16.7 Å². The van der Waals surface area contributed by atoms with Crippen LogP contribution in [0.2, 0.25) is 0 Å². The summed E-state index contributed by atoms with van der Waals surface area (Å²) in [5.41, 5.74) is 2.59. The van der Waals surface area contributed by atoms with Crippen LogP contribution in [0, 0.1) is 31.5 Å². The van der Waals surface area contributed by atoms with Crippen LogP contribution in [0.3, 0.4) is 0 Å². The number of ether oxygens (including phenoxy) is 1. The molecule has 8 heteroatoms. The Hall–Kier alpha value is -3.02. The molecule has 2 aliphatic rings. The molecule has 7 nitrogen and oxygen atoms in total. The van der Waals surface area contributed by atoms with Gasteiger partial charge in [-0.2, -0.15) is 4.98 Å². The summed E-state index contributed by atoms with van der Waals surface area (Å²) in [5.74, 6) is 7.07. The fourth-order valence-electron chi connectivity index (χ4n) is 5.03. The average Bonchev–Trinajstić information content (AvgIpc) is 3.26. The first-order valence-electron chi connectivity index (χ1n) is 12.0. The zero-order valence-electron chi connectivity index (χ0n) is 19.9. The first-order chi connectivity index (χ1) is 16.5. The number of anilines is 1. The minimum atomic E-state index is -0.373. The fourth-order valence-corrected chi connectivity index (χ4v) is 5.03. The molecule has 2 aromatic heterocycles. The number of hydrogen-bond donors (Lipinski definition) is 1. The van der Waals surface area contributed by atoms with Crippen molar-refractivity contribution in [2.24, 2.45) is 0 Å². The van der Waals surface area contributed by atoms with Gasteiger partial charge >= 0.3 is 0 Å². The minimum Gasteiger partial charge on any atom is -0.380 e. The van der Waals surface area contributed by atoms with Crippen LogP contribution in [0.1, 0.15) is 49.6 Å². The van der Waals surface area contributed by atoms with Crippen LogP contribution < -0.4 is 10.2 Å². The molecule has 34 heavy (non-hydrogen) atoms. The van der Waals surface area contributed by atoms with Gasteiger partial charge < -0.3 is 19.5 Å². The summed E-state index contributed by atoms with van der Waals surface area (Å²) in [6.07, 6.45) is 4.23. The lowest BCUT2D eigenvalue weighted by Gasteiger charge is -2.36. The van der Waals surface area contributed by atoms with Crippen molar-refractivity contribution in [3.05, 3.63) is 34.9 Å². The number of nitrogens with one attached hydrogen (secondary N) is 1. The van der Waals surface area contributed by atoms with E-state index in [9.17, 15) is 0 Å². The summed E-state index contributed by atoms with van der Waals surface area (Å²) < 4.78 is 26.3. The molecular weight excluding hydrogens is 433 g/mol. The molecule has 2 fully saturated rings. The highest BCUT2D eigenvalue weighted by molar-refractivity contribution is 5.93. The van der Waals surface area contributed by atoms with E-state index in [2.05, 4.69) is 32.2 Å². The third kappa shape index (κ3) is 4.50. The van der Waals surface area contributed by atoms with Gasteiger partial charge in [-0.05, 0) is 64.2 Å². The van der Waals surface area contributed by atoms with Gasteiger partial charge in [0.1, 0.15) is 11.3 Å². The lowest BCUT2D eigenvalue weighted by Crippen LogP contribution is -2.48. The van der Waals surface area contributed by atoms with E-state index < -0.39 is 0 Å². The quantitative estimate of drug-likeness (QED) is 0.583. The van der Waals surface area contributed by atoms with Crippen molar-refractivity contribution in [1.29, 1.82) is 0 Å². The fraction of sp³-hybridized carbons (Fsp3) is 0.500. The largest absolute Gasteiger partial charge is 0.380 e. The summed E-state index contributed by atoms with van der Waals surface area (Å²) in [7, 11) is 0. The monoisotopic (exact) mass is 463 g/mol. The van der Waals surface area contributed by atoms with Crippen molar-refractivity contribution < 1.29 is 13.7 Å². The van der Waals surface area contributed by atoms with Gasteiger partial charge in [-0.3, -0.25) is 0 Å². The normalized spacial score (nSPS) is 19.3. The van der Waals surface area contributed by atoms with Crippen molar-refractivity contribution in [2.75, 3.05) is 31.2 Å². The van der Waals surface area contributed by atoms with Gasteiger partial charge in [-0.15, -0.1) is 5.92 Å². The molecule has 178 valence electrons. The Kier molecular flexibility index (Phi) is 6.48. The van der Waals surface area contributed by atoms with E-state index in [1.807, 2.05) is 13.0 Å². The molecule has 1 aromatic carbocycles. The number of benzene rings is 1. The van der Waals surface area contributed by atoms with Gasteiger partial charge in [0, 0.05) is 42.7 Å². The van der Waals surface area contributed by atoms with Gasteiger partial charge in [-0.1, -0.05) is 11.1 Å². The molecule has 0 unspecified atom stereocenters. The van der Waals surface area contributed by atoms with Crippen LogP contribution >= 0.6 is 0 Å². The standard InChI is InChI=1S/C26H30FN5O2/c1-4-6-18-13-21-16(2)23(26-28-17(3)31-34-26)25(30-24(21)22(27)14-18)32-10-8-19(9-11-32)29-20-7-5-12-33-15-20/h13-14,19-20,29H,5,7-12,15H2,1-3H3/t20-/m1/s1. The van der Waals surface area contributed by atoms with E-state index in [1.54, 1.807) is 13.8 Å². The maximum absolute atomic E-state index is 15.1. The third-order valence-electron chi connectivity index (χ3n) is 6.72. The van der Waals surface area contributed by atoms with Crippen molar-refractivity contribution in [3.63, 3.8) is 0 Å². The smallest absolute Gasteiger partial charge is 0.261 e. The summed E-state index contributed by atoms with van der Waals surface area (Å²) >= 11 is 0. The number of hydrogen-bond acceptors (Lipinski definition) is 7. The maximum atomic E-state index is 15.1. The third-order valence-corrected chi connectivity index (χ3v) is 6.72. The Bertz CT molecular complexity index is 1250. The highest BCUT2D eigenvalue weighted by Gasteiger charge is 2.28. The second-order valence-electron chi connectivity index (χ2n) is 9.15. The van der Waals surface area contributed by atoms with Crippen molar-refractivity contribution in [1.82, 2.24) is 20.4 Å². The molecule has 1 N–H and O–H groups in total. The number of fused-ring (bicyclic) bond motifs is 1. The van der Waals surface area contributed by atoms with Crippen molar-refractivity contribution in [3.8, 4) is 23.3 Å². The molecule has 2 saturated heterocycles. The summed E-state index contributed by atoms with van der Waals surface area (Å²) in [5, 5.41) is 8.46. The predicted octanol–water partition coefficient (Wildman–Crippen LogP) is 4.15. The Morgan fingerprint density at radius 1 is 1.12 bits per heavy atom. The second-order valence-corrected chi connectivity index (χ2v) is 9.15. The topological polar surface area (TPSA) is 76.3 Å². The van der Waals surface area contributed by atoms with Gasteiger partial charge in [0.2, 0.25) is 0 Å². The lowest BCUT2D eigenvalue weighted by molar-refractivity contribution is 0.0650. The Morgan fingerprint density at radius 2 is 1.94 bits per heavy atom. The molecule has 0 radical (unpaired) electrons. The molecular formula is C26H30FN5O2. The molecule has 1 atom stereocenters. The Balaban J connectivity index is 1.50. The molecule has 0 saturated carbocycles. The average molecular weight is 464 g/mol. The van der Waals surface area contributed by atoms with Gasteiger partial charge in [0.25, 0.3) is 5.89 Å². The van der Waals surface area contributed by atoms with Crippen molar-refractivity contribution >= 4 is 16.7 Å². The summed E-state index contributed by atoms with van der Waals surface area (Å²) in [6, 6.07) is 4.20. The molecule has 5 rings (SSSR count). The van der Waals surface area contributed by atoms with Crippen LogP contribution in [0.25, 0.3) is 22.4 Å². The van der Waals surface area contributed by atoms with Gasteiger partial charge in [-0.25, -0.2) is 9.37 Å². The number of aryl methyl sites for hydroxylation is 2. The molecule has 3 aromatic rings. The summed E-state index contributed by atoms with van der Waals surface area (Å²) in [4.78, 5) is 11.5. The minimum absolute atomic E-state index is 0.341. The Morgan fingerprint density at radius 3 is 2.62 bits per heavy atom. The van der Waals surface area contributed by atoms with Gasteiger partial charge in [0.15, 0.2) is 11.6 Å². The highest BCUT2D eigenvalue weighted by Crippen LogP contribution is 2.38. The molecule has 0 aliphatic carbocycles. The van der Waals surface area contributed by atoms with E-state index in [-0.39, 0.29) is 5.82 Å². The number of pyridine rings is 1. The molecule has 0 bridgehead atoms. The SMILES string of the molecule is CC#Cc1cc(F)c2nc(N3CCC(N[C@@H]4CCCOC4)CC3)c(-c3nc(C)no3)c(C)c2c1. The lowest BCUT2D eigenvalue weighted by atomic mass is 9.98. The summed E-state index contributed by atoms with van der Waals surface area (Å²) in [6.45, 7) is 8.76. The first kappa shape index (κ1) is 22.8. The van der Waals surface area contributed by atoms with Crippen molar-refractivity contribution in [2.45, 2.75) is 58.5 Å². The number of nitrogens with zero attached hydrogens (tertiary/aromatic N) is 4. The van der Waals surface area contributed by atoms with E-state index in [0.717, 1.165) is 63.1 Å². The van der Waals surface area contributed by atoms with E-state index >= 15 is 4.39 Å². The van der Waals surface area contributed by atoms with E-state index in [4.69, 9.17) is 14.2 Å².